The maximum Gasteiger partial charge on any atom is 0.326 e. The van der Waals surface area contributed by atoms with Crippen molar-refractivity contribution in [1.82, 2.24) is 5.32 Å². The highest BCUT2D eigenvalue weighted by atomic mass is 16.6. The number of carbonyl (C=O) groups excluding carboxylic acids is 1. The zero-order valence-electron chi connectivity index (χ0n) is 15.0. The molecule has 142 valence electrons. The van der Waals surface area contributed by atoms with Crippen molar-refractivity contribution in [1.29, 1.82) is 0 Å². The molecule has 1 atom stereocenters. The van der Waals surface area contributed by atoms with Crippen LogP contribution in [0.3, 0.4) is 0 Å². The summed E-state index contributed by atoms with van der Waals surface area (Å²) in [5, 5.41) is 25.9. The van der Waals surface area contributed by atoms with Crippen molar-refractivity contribution < 1.29 is 19.6 Å². The quantitative estimate of drug-likeness (QED) is 0.484. The zero-order valence-corrected chi connectivity index (χ0v) is 15.0. The van der Waals surface area contributed by atoms with Gasteiger partial charge in [0.15, 0.2) is 0 Å². The fourth-order valence-electron chi connectivity index (χ4n) is 2.50. The van der Waals surface area contributed by atoms with Gasteiger partial charge in [-0.05, 0) is 23.6 Å². The number of nitro groups is 1. The van der Waals surface area contributed by atoms with Gasteiger partial charge in [-0.15, -0.1) is 0 Å². The van der Waals surface area contributed by atoms with Gasteiger partial charge in [0.1, 0.15) is 11.7 Å². The number of nitrogens with one attached hydrogen (secondary N) is 2. The van der Waals surface area contributed by atoms with E-state index in [0.717, 1.165) is 11.6 Å². The molecule has 0 spiro atoms. The van der Waals surface area contributed by atoms with Crippen LogP contribution >= 0.6 is 0 Å². The summed E-state index contributed by atoms with van der Waals surface area (Å²) in [6, 6.07) is 12.3. The van der Waals surface area contributed by atoms with Crippen LogP contribution in [-0.2, 0) is 11.3 Å². The molecule has 0 fully saturated rings. The lowest BCUT2D eigenvalue weighted by Gasteiger charge is -2.18. The van der Waals surface area contributed by atoms with Gasteiger partial charge in [-0.1, -0.05) is 44.2 Å². The van der Waals surface area contributed by atoms with E-state index < -0.39 is 22.8 Å². The van der Waals surface area contributed by atoms with Crippen molar-refractivity contribution >= 4 is 23.3 Å². The third-order valence-electron chi connectivity index (χ3n) is 4.00. The highest BCUT2D eigenvalue weighted by Crippen LogP contribution is 2.26. The number of benzene rings is 2. The molecule has 3 N–H and O–H groups in total. The Bertz CT molecular complexity index is 836. The van der Waals surface area contributed by atoms with E-state index in [9.17, 15) is 24.8 Å². The number of anilines is 1. The van der Waals surface area contributed by atoms with Crippen LogP contribution in [0.1, 0.15) is 29.8 Å². The summed E-state index contributed by atoms with van der Waals surface area (Å²) in [5.74, 6) is -2.16. The summed E-state index contributed by atoms with van der Waals surface area (Å²) in [7, 11) is 0. The van der Waals surface area contributed by atoms with Gasteiger partial charge in [0.05, 0.1) is 4.92 Å². The first kappa shape index (κ1) is 19.9. The van der Waals surface area contributed by atoms with Crippen molar-refractivity contribution in [3.8, 4) is 0 Å². The number of carboxylic acids is 1. The molecule has 1 amide bonds. The summed E-state index contributed by atoms with van der Waals surface area (Å²) in [6.45, 7) is 3.72. The van der Waals surface area contributed by atoms with Gasteiger partial charge in [-0.3, -0.25) is 14.9 Å². The van der Waals surface area contributed by atoms with E-state index in [4.69, 9.17) is 0 Å². The second-order valence-corrected chi connectivity index (χ2v) is 6.36. The molecule has 0 heterocycles. The molecule has 0 radical (unpaired) electrons. The second kappa shape index (κ2) is 8.79. The smallest absolute Gasteiger partial charge is 0.326 e. The number of hydrogen-bond donors (Lipinski definition) is 3. The largest absolute Gasteiger partial charge is 0.480 e. The zero-order chi connectivity index (χ0) is 20.0. The van der Waals surface area contributed by atoms with Gasteiger partial charge in [-0.25, -0.2) is 4.79 Å². The lowest BCUT2D eigenvalue weighted by atomic mass is 10.0. The van der Waals surface area contributed by atoms with Crippen molar-refractivity contribution in [2.45, 2.75) is 26.4 Å². The molecular formula is C19H21N3O5. The average Bonchev–Trinajstić information content (AvgIpc) is 2.64. The summed E-state index contributed by atoms with van der Waals surface area (Å²) < 4.78 is 0. The number of carbonyl (C=O) groups is 2. The summed E-state index contributed by atoms with van der Waals surface area (Å²) in [4.78, 5) is 34.3. The molecule has 27 heavy (non-hydrogen) atoms. The van der Waals surface area contributed by atoms with Crippen molar-refractivity contribution in [2.24, 2.45) is 5.92 Å². The van der Waals surface area contributed by atoms with Gasteiger partial charge in [-0.2, -0.15) is 0 Å². The standard InChI is InChI=1S/C19H21N3O5/c1-12(2)17(19(24)25)21-18(23)14-8-9-15(16(10-14)22(26)27)20-11-13-6-4-3-5-7-13/h3-10,12,17,20H,11H2,1-2H3,(H,21,23)(H,24,25). The number of aliphatic carboxylic acids is 1. The normalized spacial score (nSPS) is 11.7. The first-order valence-electron chi connectivity index (χ1n) is 8.39. The van der Waals surface area contributed by atoms with Crippen LogP contribution in [-0.4, -0.2) is 27.9 Å². The fourth-order valence-corrected chi connectivity index (χ4v) is 2.50. The third-order valence-corrected chi connectivity index (χ3v) is 4.00. The Hall–Kier alpha value is -3.42. The minimum Gasteiger partial charge on any atom is -0.480 e. The monoisotopic (exact) mass is 371 g/mol. The second-order valence-electron chi connectivity index (χ2n) is 6.36. The number of hydrogen-bond acceptors (Lipinski definition) is 5. The number of nitrogens with zero attached hydrogens (tertiary/aromatic N) is 1. The molecule has 0 saturated carbocycles. The predicted molar refractivity (Wildman–Crippen MR) is 101 cm³/mol. The predicted octanol–water partition coefficient (Wildman–Crippen LogP) is 3.05. The Morgan fingerprint density at radius 1 is 1.15 bits per heavy atom. The van der Waals surface area contributed by atoms with Gasteiger partial charge < -0.3 is 15.7 Å². The lowest BCUT2D eigenvalue weighted by Crippen LogP contribution is -2.44. The fraction of sp³-hybridized carbons (Fsp3) is 0.263. The van der Waals surface area contributed by atoms with Gasteiger partial charge in [0.2, 0.25) is 0 Å². The molecule has 2 rings (SSSR count). The van der Waals surface area contributed by atoms with Gasteiger partial charge in [0.25, 0.3) is 11.6 Å². The molecule has 0 bridgehead atoms. The summed E-state index contributed by atoms with van der Waals surface area (Å²) in [6.07, 6.45) is 0. The Morgan fingerprint density at radius 3 is 2.37 bits per heavy atom. The minimum atomic E-state index is -1.16. The number of carboxylic acid groups (broad SMARTS) is 1. The van der Waals surface area contributed by atoms with Crippen LogP contribution in [0.15, 0.2) is 48.5 Å². The van der Waals surface area contributed by atoms with E-state index in [1.165, 1.54) is 12.1 Å². The van der Waals surface area contributed by atoms with Crippen molar-refractivity contribution in [2.75, 3.05) is 5.32 Å². The van der Waals surface area contributed by atoms with E-state index in [1.807, 2.05) is 30.3 Å². The van der Waals surface area contributed by atoms with E-state index in [1.54, 1.807) is 13.8 Å². The first-order chi connectivity index (χ1) is 12.8. The molecule has 8 nitrogen and oxygen atoms in total. The molecule has 0 aliphatic carbocycles. The van der Waals surface area contributed by atoms with Crippen LogP contribution < -0.4 is 10.6 Å². The van der Waals surface area contributed by atoms with E-state index in [-0.39, 0.29) is 22.9 Å². The van der Waals surface area contributed by atoms with E-state index in [0.29, 0.717) is 6.54 Å². The maximum absolute atomic E-state index is 12.3. The van der Waals surface area contributed by atoms with Gasteiger partial charge >= 0.3 is 5.97 Å². The number of nitro benzene ring substituents is 1. The lowest BCUT2D eigenvalue weighted by molar-refractivity contribution is -0.384. The first-order valence-corrected chi connectivity index (χ1v) is 8.39. The Morgan fingerprint density at radius 2 is 1.81 bits per heavy atom. The van der Waals surface area contributed by atoms with Crippen LogP contribution in [0.5, 0.6) is 0 Å². The molecule has 2 aromatic rings. The van der Waals surface area contributed by atoms with E-state index in [2.05, 4.69) is 10.6 Å². The van der Waals surface area contributed by atoms with Crippen molar-refractivity contribution in [3.05, 3.63) is 69.8 Å². The molecule has 0 aliphatic heterocycles. The molecule has 2 aromatic carbocycles. The van der Waals surface area contributed by atoms with Crippen LogP contribution in [0.25, 0.3) is 0 Å². The molecule has 1 unspecified atom stereocenters. The minimum absolute atomic E-state index is 0.0267. The Kier molecular flexibility index (Phi) is 6.48. The Balaban J connectivity index is 2.20. The van der Waals surface area contributed by atoms with Crippen LogP contribution in [0.4, 0.5) is 11.4 Å². The number of amides is 1. The highest BCUT2D eigenvalue weighted by molar-refractivity contribution is 5.97. The average molecular weight is 371 g/mol. The summed E-state index contributed by atoms with van der Waals surface area (Å²) in [5.41, 5.74) is 1.00. The van der Waals surface area contributed by atoms with E-state index >= 15 is 0 Å². The molecule has 0 aliphatic rings. The van der Waals surface area contributed by atoms with Gasteiger partial charge in [0, 0.05) is 18.2 Å². The van der Waals surface area contributed by atoms with Crippen molar-refractivity contribution in [3.63, 3.8) is 0 Å². The Labute approximate surface area is 156 Å². The molecular weight excluding hydrogens is 350 g/mol. The molecule has 8 heteroatoms. The SMILES string of the molecule is CC(C)C(NC(=O)c1ccc(NCc2ccccc2)c([N+](=O)[O-])c1)C(=O)O. The van der Waals surface area contributed by atoms with Crippen LogP contribution in [0.2, 0.25) is 0 Å². The highest BCUT2D eigenvalue weighted by Gasteiger charge is 2.25. The molecule has 0 aromatic heterocycles. The third kappa shape index (κ3) is 5.27. The topological polar surface area (TPSA) is 122 Å². The summed E-state index contributed by atoms with van der Waals surface area (Å²) >= 11 is 0. The maximum atomic E-state index is 12.3. The molecule has 0 saturated heterocycles. The van der Waals surface area contributed by atoms with Crippen LogP contribution in [0, 0.1) is 16.0 Å². The number of rotatable bonds is 8.